The lowest BCUT2D eigenvalue weighted by Crippen LogP contribution is -2.44. The highest BCUT2D eigenvalue weighted by Crippen LogP contribution is 2.21. The lowest BCUT2D eigenvalue weighted by Gasteiger charge is -2.32. The van der Waals surface area contributed by atoms with E-state index in [-0.39, 0.29) is 11.6 Å². The second-order valence-electron chi connectivity index (χ2n) is 5.50. The van der Waals surface area contributed by atoms with E-state index in [0.29, 0.717) is 10.7 Å². The molecule has 23 heavy (non-hydrogen) atoms. The van der Waals surface area contributed by atoms with Crippen LogP contribution < -0.4 is 10.2 Å². The Hall–Kier alpha value is -2.18. The number of para-hydroxylation sites is 1. The second kappa shape index (κ2) is 6.93. The van der Waals surface area contributed by atoms with Gasteiger partial charge in [-0.15, -0.1) is 10.2 Å². The van der Waals surface area contributed by atoms with Crippen LogP contribution in [0.1, 0.15) is 10.5 Å². The van der Waals surface area contributed by atoms with Gasteiger partial charge in [-0.05, 0) is 31.3 Å². The normalized spacial score (nSPS) is 15.5. The smallest absolute Gasteiger partial charge is 0.276 e. The van der Waals surface area contributed by atoms with Crippen molar-refractivity contribution in [2.24, 2.45) is 0 Å². The highest BCUT2D eigenvalue weighted by atomic mass is 35.5. The first-order chi connectivity index (χ1) is 11.1. The number of likely N-dealkylation sites (N-methyl/N-ethyl adjacent to an activating group) is 1. The van der Waals surface area contributed by atoms with Crippen molar-refractivity contribution in [1.82, 2.24) is 15.1 Å². The van der Waals surface area contributed by atoms with Gasteiger partial charge in [0.05, 0.1) is 10.7 Å². The van der Waals surface area contributed by atoms with Gasteiger partial charge in [-0.1, -0.05) is 23.7 Å². The first-order valence-corrected chi connectivity index (χ1v) is 7.84. The molecule has 0 atom stereocenters. The fourth-order valence-electron chi connectivity index (χ4n) is 2.40. The van der Waals surface area contributed by atoms with Gasteiger partial charge in [0.1, 0.15) is 0 Å². The largest absolute Gasteiger partial charge is 0.353 e. The molecule has 3 rings (SSSR count). The summed E-state index contributed by atoms with van der Waals surface area (Å²) in [5.74, 6) is 0.475. The van der Waals surface area contributed by atoms with Crippen LogP contribution in [0.5, 0.6) is 0 Å². The molecule has 2 aromatic rings. The molecule has 0 bridgehead atoms. The fraction of sp³-hybridized carbons (Fsp3) is 0.312. The Labute approximate surface area is 140 Å². The van der Waals surface area contributed by atoms with E-state index in [1.807, 2.05) is 18.2 Å². The molecule has 7 heteroatoms. The summed E-state index contributed by atoms with van der Waals surface area (Å²) >= 11 is 6.03. The Kier molecular flexibility index (Phi) is 4.73. The van der Waals surface area contributed by atoms with E-state index in [1.54, 1.807) is 18.2 Å². The van der Waals surface area contributed by atoms with Gasteiger partial charge >= 0.3 is 0 Å². The molecular formula is C16H18ClN5O. The Morgan fingerprint density at radius 3 is 2.48 bits per heavy atom. The van der Waals surface area contributed by atoms with Crippen molar-refractivity contribution in [3.8, 4) is 0 Å². The molecular weight excluding hydrogens is 314 g/mol. The van der Waals surface area contributed by atoms with E-state index in [9.17, 15) is 4.79 Å². The van der Waals surface area contributed by atoms with Crippen LogP contribution in [0.25, 0.3) is 0 Å². The predicted molar refractivity (Wildman–Crippen MR) is 91.1 cm³/mol. The molecule has 120 valence electrons. The molecule has 1 N–H and O–H groups in total. The summed E-state index contributed by atoms with van der Waals surface area (Å²) in [7, 11) is 2.10. The van der Waals surface area contributed by atoms with E-state index in [1.165, 1.54) is 0 Å². The van der Waals surface area contributed by atoms with Crippen molar-refractivity contribution in [2.45, 2.75) is 0 Å². The molecule has 0 saturated carbocycles. The molecule has 1 fully saturated rings. The van der Waals surface area contributed by atoms with Crippen LogP contribution in [0.4, 0.5) is 11.5 Å². The lowest BCUT2D eigenvalue weighted by atomic mass is 10.3. The SMILES string of the molecule is CN1CCN(c2ccc(C(=O)Nc3ccccc3Cl)nn2)CC1. The van der Waals surface area contributed by atoms with E-state index in [2.05, 4.69) is 32.4 Å². The van der Waals surface area contributed by atoms with Crippen LogP contribution in [0.2, 0.25) is 5.02 Å². The summed E-state index contributed by atoms with van der Waals surface area (Å²) in [4.78, 5) is 16.6. The van der Waals surface area contributed by atoms with Crippen molar-refractivity contribution < 1.29 is 4.79 Å². The monoisotopic (exact) mass is 331 g/mol. The van der Waals surface area contributed by atoms with Gasteiger partial charge in [-0.2, -0.15) is 0 Å². The molecule has 1 aliphatic heterocycles. The first-order valence-electron chi connectivity index (χ1n) is 7.46. The Morgan fingerprint density at radius 2 is 1.83 bits per heavy atom. The number of nitrogens with one attached hydrogen (secondary N) is 1. The molecule has 1 amide bonds. The number of nitrogens with zero attached hydrogens (tertiary/aromatic N) is 4. The van der Waals surface area contributed by atoms with Crippen molar-refractivity contribution in [3.63, 3.8) is 0 Å². The number of hydrogen-bond donors (Lipinski definition) is 1. The minimum atomic E-state index is -0.324. The highest BCUT2D eigenvalue weighted by molar-refractivity contribution is 6.33. The standard InChI is InChI=1S/C16H18ClN5O/c1-21-8-10-22(11-9-21)15-7-6-14(19-20-15)16(23)18-13-5-3-2-4-12(13)17/h2-7H,8-11H2,1H3,(H,18,23). The van der Waals surface area contributed by atoms with Gasteiger partial charge < -0.3 is 15.1 Å². The molecule has 1 aromatic carbocycles. The average molecular weight is 332 g/mol. The number of piperazine rings is 1. The maximum atomic E-state index is 12.2. The summed E-state index contributed by atoms with van der Waals surface area (Å²) in [6, 6.07) is 10.6. The summed E-state index contributed by atoms with van der Waals surface area (Å²) < 4.78 is 0. The molecule has 6 nitrogen and oxygen atoms in total. The van der Waals surface area contributed by atoms with Gasteiger partial charge in [0, 0.05) is 26.2 Å². The van der Waals surface area contributed by atoms with E-state index in [4.69, 9.17) is 11.6 Å². The molecule has 0 aliphatic carbocycles. The second-order valence-corrected chi connectivity index (χ2v) is 5.91. The van der Waals surface area contributed by atoms with E-state index < -0.39 is 0 Å². The maximum absolute atomic E-state index is 12.2. The van der Waals surface area contributed by atoms with Crippen molar-refractivity contribution in [2.75, 3.05) is 43.4 Å². The van der Waals surface area contributed by atoms with Crippen molar-refractivity contribution >= 4 is 29.0 Å². The number of hydrogen-bond acceptors (Lipinski definition) is 5. The molecule has 0 unspecified atom stereocenters. The number of rotatable bonds is 3. The third-order valence-corrected chi connectivity index (χ3v) is 4.16. The quantitative estimate of drug-likeness (QED) is 0.933. The fourth-order valence-corrected chi connectivity index (χ4v) is 2.58. The Bertz CT molecular complexity index is 683. The number of amides is 1. The lowest BCUT2D eigenvalue weighted by molar-refractivity contribution is 0.102. The molecule has 1 saturated heterocycles. The number of anilines is 2. The Morgan fingerprint density at radius 1 is 1.09 bits per heavy atom. The minimum absolute atomic E-state index is 0.266. The zero-order valence-corrected chi connectivity index (χ0v) is 13.6. The van der Waals surface area contributed by atoms with Crippen molar-refractivity contribution in [1.29, 1.82) is 0 Å². The zero-order chi connectivity index (χ0) is 16.2. The molecule has 0 radical (unpaired) electrons. The highest BCUT2D eigenvalue weighted by Gasteiger charge is 2.17. The maximum Gasteiger partial charge on any atom is 0.276 e. The summed E-state index contributed by atoms with van der Waals surface area (Å²) in [6.07, 6.45) is 0. The molecule has 0 spiro atoms. The van der Waals surface area contributed by atoms with Crippen LogP contribution in [-0.2, 0) is 0 Å². The van der Waals surface area contributed by atoms with Gasteiger partial charge in [0.15, 0.2) is 11.5 Å². The van der Waals surface area contributed by atoms with E-state index >= 15 is 0 Å². The number of benzene rings is 1. The zero-order valence-electron chi connectivity index (χ0n) is 12.9. The number of aromatic nitrogens is 2. The molecule has 1 aromatic heterocycles. The van der Waals surface area contributed by atoms with Crippen LogP contribution in [0.3, 0.4) is 0 Å². The van der Waals surface area contributed by atoms with Gasteiger partial charge in [0.25, 0.3) is 5.91 Å². The van der Waals surface area contributed by atoms with Gasteiger partial charge in [0.2, 0.25) is 0 Å². The average Bonchev–Trinajstić information content (AvgIpc) is 2.58. The van der Waals surface area contributed by atoms with Crippen LogP contribution >= 0.6 is 11.6 Å². The Balaban J connectivity index is 1.67. The van der Waals surface area contributed by atoms with Crippen LogP contribution in [0, 0.1) is 0 Å². The number of halogens is 1. The molecule has 2 heterocycles. The van der Waals surface area contributed by atoms with E-state index in [0.717, 1.165) is 32.0 Å². The van der Waals surface area contributed by atoms with Crippen molar-refractivity contribution in [3.05, 3.63) is 47.1 Å². The summed E-state index contributed by atoms with van der Waals surface area (Å²) in [5.41, 5.74) is 0.826. The molecule has 1 aliphatic rings. The summed E-state index contributed by atoms with van der Waals surface area (Å²) in [5, 5.41) is 11.4. The predicted octanol–water partition coefficient (Wildman–Crippen LogP) is 2.13. The topological polar surface area (TPSA) is 61.4 Å². The number of carbonyl (C=O) groups excluding carboxylic acids is 1. The third kappa shape index (κ3) is 3.78. The van der Waals surface area contributed by atoms with Crippen LogP contribution in [0.15, 0.2) is 36.4 Å². The number of carbonyl (C=O) groups is 1. The minimum Gasteiger partial charge on any atom is -0.353 e. The first kappa shape index (κ1) is 15.7. The van der Waals surface area contributed by atoms with Gasteiger partial charge in [-0.25, -0.2) is 0 Å². The third-order valence-electron chi connectivity index (χ3n) is 3.83. The summed E-state index contributed by atoms with van der Waals surface area (Å²) in [6.45, 7) is 3.82. The van der Waals surface area contributed by atoms with Crippen LogP contribution in [-0.4, -0.2) is 54.2 Å². The van der Waals surface area contributed by atoms with Gasteiger partial charge in [-0.3, -0.25) is 4.79 Å².